The fourth-order valence-electron chi connectivity index (χ4n) is 6.99. The van der Waals surface area contributed by atoms with Crippen LogP contribution in [0.4, 0.5) is 5.82 Å². The molecule has 0 spiro atoms. The summed E-state index contributed by atoms with van der Waals surface area (Å²) in [5, 5.41) is 31.0. The van der Waals surface area contributed by atoms with Gasteiger partial charge in [-0.05, 0) is 83.1 Å². The van der Waals surface area contributed by atoms with E-state index in [1.807, 2.05) is 42.5 Å². The van der Waals surface area contributed by atoms with Crippen LogP contribution in [0.3, 0.4) is 0 Å². The van der Waals surface area contributed by atoms with E-state index < -0.39 is 89.8 Å². The van der Waals surface area contributed by atoms with Crippen LogP contribution in [0.2, 0.25) is 0 Å². The van der Waals surface area contributed by atoms with Gasteiger partial charge in [0.15, 0.2) is 12.3 Å². The van der Waals surface area contributed by atoms with Crippen molar-refractivity contribution in [3.8, 4) is 0 Å². The lowest BCUT2D eigenvalue weighted by Crippen LogP contribution is -2.36. The normalized spacial score (nSPS) is 20.1. The number of rotatable bonds is 41. The largest absolute Gasteiger partial charge is 0.481 e. The molecule has 1 aliphatic heterocycles. The highest BCUT2D eigenvalue weighted by atomic mass is 31.3. The zero-order valence-corrected chi connectivity index (χ0v) is 44.6. The fourth-order valence-corrected chi connectivity index (χ4v) is 9.10. The molecule has 412 valence electrons. The summed E-state index contributed by atoms with van der Waals surface area (Å²) in [7, 11) is -10.9. The van der Waals surface area contributed by atoms with E-state index in [2.05, 4.69) is 53.5 Å². The standard InChI is InChI=1S/C52H83N3O16P2/c1-3-5-7-9-11-12-13-14-15-16-17-18-19-20-25-29-33-37-48(58)69-44(40-66-47(57)36-32-28-24-22-21-23-27-31-35-43(56)34-30-26-10-8-6-4-2)41-67-72(62,63)71-73(64,65)68-42-45-49(59)50(60)51(70-45)55-39-38-46(53)54-52(55)61/h14-15,17-18,20,22-27,30-31,35,38-39,43-45,49-51,56,59-60H,3-13,16,19,21,28-29,32-34,36-37,40-42H2,1-2H3,(H,62,63)(H,64,65)(H2,53,54,61)/b15-14-,18-17-,24-22-,25-20-,27-23-,30-26-,35-31+/t43-,44-,45-,49-,50-,51-/m1/s1. The van der Waals surface area contributed by atoms with Gasteiger partial charge in [0.2, 0.25) is 0 Å². The SMILES string of the molecule is CCCCC/C=C\C[C@@H](O)/C=C/C=C\C/C=C\CCCC(=O)OC[C@H](COP(=O)(O)OP(=O)(O)OC[C@H]1O[C@@H](n2ccc(N)nc2=O)[C@H](O)[C@@H]1O)OC(=O)CCC/C=C\C/C=C\C/C=C\CCCCCCCC. The van der Waals surface area contributed by atoms with Gasteiger partial charge in [0.05, 0.1) is 19.3 Å². The number of aliphatic hydroxyl groups is 3. The van der Waals surface area contributed by atoms with Crippen molar-refractivity contribution in [2.45, 2.75) is 185 Å². The molecule has 7 N–H and O–H groups in total. The summed E-state index contributed by atoms with van der Waals surface area (Å²) in [5.74, 6) is -1.48. The molecule has 1 aliphatic rings. The van der Waals surface area contributed by atoms with Gasteiger partial charge >= 0.3 is 33.3 Å². The van der Waals surface area contributed by atoms with Gasteiger partial charge in [0.1, 0.15) is 30.7 Å². The third-order valence-corrected chi connectivity index (χ3v) is 13.6. The number of aliphatic hydroxyl groups excluding tert-OH is 3. The van der Waals surface area contributed by atoms with E-state index in [4.69, 9.17) is 29.0 Å². The number of hydrogen-bond donors (Lipinski definition) is 6. The third kappa shape index (κ3) is 32.1. The summed E-state index contributed by atoms with van der Waals surface area (Å²) in [6.07, 6.45) is 38.5. The van der Waals surface area contributed by atoms with Crippen molar-refractivity contribution < 1.29 is 71.4 Å². The number of carbonyl (C=O) groups is 2. The van der Waals surface area contributed by atoms with E-state index in [-0.39, 0.29) is 18.7 Å². The molecule has 73 heavy (non-hydrogen) atoms. The van der Waals surface area contributed by atoms with Gasteiger partial charge < -0.3 is 45.1 Å². The zero-order chi connectivity index (χ0) is 53.6. The first-order valence-corrected chi connectivity index (χ1v) is 28.7. The Morgan fingerprint density at radius 1 is 0.726 bits per heavy atom. The lowest BCUT2D eigenvalue weighted by molar-refractivity contribution is -0.161. The summed E-state index contributed by atoms with van der Waals surface area (Å²) < 4.78 is 56.6. The van der Waals surface area contributed by atoms with Crippen molar-refractivity contribution in [3.05, 3.63) is 108 Å². The lowest BCUT2D eigenvalue weighted by atomic mass is 10.1. The Kier molecular flexibility index (Phi) is 35.0. The van der Waals surface area contributed by atoms with Crippen LogP contribution in [-0.2, 0) is 46.3 Å². The number of anilines is 1. The number of nitrogens with zero attached hydrogens (tertiary/aromatic N) is 2. The Hall–Kier alpha value is -4.10. The first-order chi connectivity index (χ1) is 35.1. The molecule has 21 heteroatoms. The van der Waals surface area contributed by atoms with Crippen LogP contribution >= 0.6 is 15.6 Å². The number of allylic oxidation sites excluding steroid dienone is 12. The van der Waals surface area contributed by atoms with Crippen molar-refractivity contribution in [2.24, 2.45) is 0 Å². The molecular weight excluding hydrogens is 985 g/mol. The second-order valence-corrected chi connectivity index (χ2v) is 20.6. The Morgan fingerprint density at radius 2 is 1.27 bits per heavy atom. The van der Waals surface area contributed by atoms with Gasteiger partial charge in [-0.2, -0.15) is 9.29 Å². The van der Waals surface area contributed by atoms with Crippen LogP contribution in [0.15, 0.2) is 102 Å². The van der Waals surface area contributed by atoms with E-state index in [1.54, 1.807) is 12.2 Å². The number of esters is 2. The van der Waals surface area contributed by atoms with Crippen LogP contribution in [0.1, 0.15) is 155 Å². The molecule has 2 unspecified atom stereocenters. The van der Waals surface area contributed by atoms with Crippen molar-refractivity contribution in [3.63, 3.8) is 0 Å². The van der Waals surface area contributed by atoms with Crippen molar-refractivity contribution in [1.82, 2.24) is 9.55 Å². The van der Waals surface area contributed by atoms with Gasteiger partial charge in [0.25, 0.3) is 0 Å². The second-order valence-electron chi connectivity index (χ2n) is 17.5. The number of carbonyl (C=O) groups excluding carboxylic acids is 2. The minimum Gasteiger partial charge on any atom is -0.462 e. The van der Waals surface area contributed by atoms with Crippen LogP contribution < -0.4 is 11.4 Å². The number of ether oxygens (including phenoxy) is 3. The number of phosphoric ester groups is 2. The van der Waals surface area contributed by atoms with Gasteiger partial charge in [-0.15, -0.1) is 0 Å². The summed E-state index contributed by atoms with van der Waals surface area (Å²) in [6, 6.07) is 1.24. The molecule has 0 aliphatic carbocycles. The molecule has 0 radical (unpaired) electrons. The van der Waals surface area contributed by atoms with Gasteiger partial charge in [-0.1, -0.05) is 144 Å². The summed E-state index contributed by atoms with van der Waals surface area (Å²) in [4.78, 5) is 61.9. The molecule has 8 atom stereocenters. The number of nitrogen functional groups attached to an aromatic ring is 1. The van der Waals surface area contributed by atoms with Gasteiger partial charge in [-0.3, -0.25) is 23.2 Å². The van der Waals surface area contributed by atoms with E-state index in [0.717, 1.165) is 42.9 Å². The van der Waals surface area contributed by atoms with E-state index in [1.165, 1.54) is 57.4 Å². The quantitative estimate of drug-likeness (QED) is 0.0117. The lowest BCUT2D eigenvalue weighted by Gasteiger charge is -2.21. The summed E-state index contributed by atoms with van der Waals surface area (Å²) in [5.41, 5.74) is 4.57. The molecule has 1 aromatic heterocycles. The predicted octanol–water partition coefficient (Wildman–Crippen LogP) is 9.64. The Labute approximate surface area is 431 Å². The monoisotopic (exact) mass is 1070 g/mol. The highest BCUT2D eigenvalue weighted by Gasteiger charge is 2.46. The number of phosphoric acid groups is 2. The average Bonchev–Trinajstić information content (AvgIpc) is 3.62. The molecule has 2 heterocycles. The number of aromatic nitrogens is 2. The third-order valence-electron chi connectivity index (χ3n) is 11.0. The second kappa shape index (κ2) is 39.3. The van der Waals surface area contributed by atoms with Crippen molar-refractivity contribution in [1.29, 1.82) is 0 Å². The van der Waals surface area contributed by atoms with Crippen molar-refractivity contribution in [2.75, 3.05) is 25.6 Å². The molecule has 0 aromatic carbocycles. The van der Waals surface area contributed by atoms with E-state index in [9.17, 15) is 48.6 Å². The Balaban J connectivity index is 1.87. The molecule has 1 aromatic rings. The van der Waals surface area contributed by atoms with Crippen LogP contribution in [-0.4, -0.2) is 96.9 Å². The van der Waals surface area contributed by atoms with E-state index in [0.29, 0.717) is 38.5 Å². The van der Waals surface area contributed by atoms with Crippen LogP contribution in [0, 0.1) is 0 Å². The highest BCUT2D eigenvalue weighted by molar-refractivity contribution is 7.61. The highest BCUT2D eigenvalue weighted by Crippen LogP contribution is 2.60. The molecule has 0 amide bonds. The molecule has 1 saturated heterocycles. The van der Waals surface area contributed by atoms with Crippen LogP contribution in [0.25, 0.3) is 0 Å². The summed E-state index contributed by atoms with van der Waals surface area (Å²) >= 11 is 0. The molecule has 2 rings (SSSR count). The fraction of sp³-hybridized carbons (Fsp3) is 0.615. The maximum atomic E-state index is 12.8. The van der Waals surface area contributed by atoms with Gasteiger partial charge in [-0.25, -0.2) is 13.9 Å². The topological polar surface area (TPSA) is 286 Å². The molecule has 19 nitrogen and oxygen atoms in total. The minimum absolute atomic E-state index is 0.00425. The average molecular weight is 1070 g/mol. The predicted molar refractivity (Wildman–Crippen MR) is 281 cm³/mol. The smallest absolute Gasteiger partial charge is 0.462 e. The minimum atomic E-state index is -5.46. The summed E-state index contributed by atoms with van der Waals surface area (Å²) in [6.45, 7) is 1.93. The molecule has 1 fully saturated rings. The molecule has 0 saturated carbocycles. The molecular formula is C52H83N3O16P2. The van der Waals surface area contributed by atoms with Crippen LogP contribution in [0.5, 0.6) is 0 Å². The number of nitrogens with two attached hydrogens (primary N) is 1. The number of hydrogen-bond acceptors (Lipinski definition) is 16. The first kappa shape index (κ1) is 65.0. The first-order valence-electron chi connectivity index (χ1n) is 25.7. The Bertz CT molecular complexity index is 2070. The Morgan fingerprint density at radius 3 is 1.93 bits per heavy atom. The maximum absolute atomic E-state index is 12.8. The molecule has 0 bridgehead atoms. The number of unbranched alkanes of at least 4 members (excludes halogenated alkanes) is 11. The van der Waals surface area contributed by atoms with E-state index >= 15 is 0 Å². The maximum Gasteiger partial charge on any atom is 0.481 e. The van der Waals surface area contributed by atoms with Crippen molar-refractivity contribution >= 4 is 33.4 Å². The zero-order valence-electron chi connectivity index (χ0n) is 42.8. The van der Waals surface area contributed by atoms with Gasteiger partial charge in [0, 0.05) is 19.0 Å².